The van der Waals surface area contributed by atoms with Crippen LogP contribution in [0.25, 0.3) is 0 Å². The first-order valence-corrected chi connectivity index (χ1v) is 9.01. The number of hydrogen-bond donors (Lipinski definition) is 1. The summed E-state index contributed by atoms with van der Waals surface area (Å²) in [6, 6.07) is 1.20. The summed E-state index contributed by atoms with van der Waals surface area (Å²) < 4.78 is 31.7. The lowest BCUT2D eigenvalue weighted by atomic mass is 10.00. The van der Waals surface area contributed by atoms with Gasteiger partial charge in [0.25, 0.3) is 0 Å². The summed E-state index contributed by atoms with van der Waals surface area (Å²) in [6.07, 6.45) is 4.30. The summed E-state index contributed by atoms with van der Waals surface area (Å²) in [5.41, 5.74) is 0. The molecule has 0 aromatic heterocycles. The Bertz CT molecular complexity index is 373. The molecular formula is C13H26N2O3S. The molecule has 0 saturated carbocycles. The number of hydrogen-bond acceptors (Lipinski definition) is 4. The third kappa shape index (κ3) is 3.68. The van der Waals surface area contributed by atoms with Gasteiger partial charge in [0.1, 0.15) is 0 Å². The standard InChI is InChI=1S/C13H26N2O3S/c1-3-15(19(16,17)8-7-18-4-2)13-9-11-5-6-12(10-13)14-11/h11-14H,3-10H2,1-2H3. The quantitative estimate of drug-likeness (QED) is 0.710. The third-order valence-corrected chi connectivity index (χ3v) is 6.17. The first-order valence-electron chi connectivity index (χ1n) is 7.40. The van der Waals surface area contributed by atoms with Crippen molar-refractivity contribution in [3.63, 3.8) is 0 Å². The van der Waals surface area contributed by atoms with E-state index in [-0.39, 0.29) is 11.8 Å². The molecule has 0 aromatic carbocycles. The molecule has 2 unspecified atom stereocenters. The van der Waals surface area contributed by atoms with Gasteiger partial charge in [0.05, 0.1) is 12.4 Å². The minimum absolute atomic E-state index is 0.105. The van der Waals surface area contributed by atoms with Crippen LogP contribution in [0.4, 0.5) is 0 Å². The van der Waals surface area contributed by atoms with Crippen LogP contribution in [-0.2, 0) is 14.8 Å². The van der Waals surface area contributed by atoms with Crippen molar-refractivity contribution < 1.29 is 13.2 Å². The van der Waals surface area contributed by atoms with Crippen LogP contribution in [0.5, 0.6) is 0 Å². The Hall–Kier alpha value is -0.170. The van der Waals surface area contributed by atoms with Crippen molar-refractivity contribution >= 4 is 10.0 Å². The molecule has 2 aliphatic heterocycles. The number of ether oxygens (including phenoxy) is 1. The highest BCUT2D eigenvalue weighted by Gasteiger charge is 2.39. The van der Waals surface area contributed by atoms with E-state index in [0.29, 0.717) is 31.8 Å². The van der Waals surface area contributed by atoms with Crippen molar-refractivity contribution in [2.75, 3.05) is 25.5 Å². The van der Waals surface area contributed by atoms with Crippen molar-refractivity contribution in [3.8, 4) is 0 Å². The van der Waals surface area contributed by atoms with E-state index in [2.05, 4.69) is 5.32 Å². The average Bonchev–Trinajstić information content (AvgIpc) is 2.69. The first-order chi connectivity index (χ1) is 9.06. The Labute approximate surface area is 116 Å². The van der Waals surface area contributed by atoms with Crippen LogP contribution in [0.2, 0.25) is 0 Å². The van der Waals surface area contributed by atoms with Crippen molar-refractivity contribution in [2.45, 2.75) is 57.7 Å². The summed E-state index contributed by atoms with van der Waals surface area (Å²) in [5.74, 6) is 0.105. The molecule has 0 aromatic rings. The molecule has 5 nitrogen and oxygen atoms in total. The van der Waals surface area contributed by atoms with Crippen LogP contribution >= 0.6 is 0 Å². The SMILES string of the molecule is CCOCCS(=O)(=O)N(CC)C1CC2CCC(C1)N2. The van der Waals surface area contributed by atoms with E-state index in [1.807, 2.05) is 13.8 Å². The smallest absolute Gasteiger partial charge is 0.216 e. The van der Waals surface area contributed by atoms with Gasteiger partial charge in [0, 0.05) is 31.3 Å². The molecule has 2 saturated heterocycles. The largest absolute Gasteiger partial charge is 0.381 e. The van der Waals surface area contributed by atoms with E-state index in [1.165, 1.54) is 12.8 Å². The van der Waals surface area contributed by atoms with E-state index in [4.69, 9.17) is 4.74 Å². The molecule has 2 heterocycles. The summed E-state index contributed by atoms with van der Waals surface area (Å²) in [7, 11) is -3.18. The van der Waals surface area contributed by atoms with Crippen LogP contribution < -0.4 is 5.32 Å². The fourth-order valence-corrected chi connectivity index (χ4v) is 4.95. The topological polar surface area (TPSA) is 58.6 Å². The molecule has 2 fully saturated rings. The van der Waals surface area contributed by atoms with Gasteiger partial charge in [0.2, 0.25) is 10.0 Å². The lowest BCUT2D eigenvalue weighted by molar-refractivity contribution is 0.161. The molecule has 2 rings (SSSR count). The van der Waals surface area contributed by atoms with Gasteiger partial charge in [0.15, 0.2) is 0 Å². The number of sulfonamides is 1. The summed E-state index contributed by atoms with van der Waals surface area (Å²) in [6.45, 7) is 5.25. The fourth-order valence-electron chi connectivity index (χ4n) is 3.37. The Balaban J connectivity index is 1.98. The zero-order valence-corrected chi connectivity index (χ0v) is 12.8. The zero-order chi connectivity index (χ0) is 13.9. The maximum atomic E-state index is 12.4. The molecule has 112 valence electrons. The summed E-state index contributed by atoms with van der Waals surface area (Å²) >= 11 is 0. The van der Waals surface area contributed by atoms with Crippen LogP contribution in [-0.4, -0.2) is 56.4 Å². The minimum atomic E-state index is -3.18. The highest BCUT2D eigenvalue weighted by Crippen LogP contribution is 2.30. The van der Waals surface area contributed by atoms with Gasteiger partial charge in [-0.15, -0.1) is 0 Å². The normalized spacial score (nSPS) is 31.0. The number of piperidine rings is 1. The van der Waals surface area contributed by atoms with E-state index >= 15 is 0 Å². The van der Waals surface area contributed by atoms with Crippen molar-refractivity contribution in [1.29, 1.82) is 0 Å². The van der Waals surface area contributed by atoms with Crippen LogP contribution in [0.3, 0.4) is 0 Å². The second-order valence-corrected chi connectivity index (χ2v) is 7.52. The van der Waals surface area contributed by atoms with Crippen LogP contribution in [0, 0.1) is 0 Å². The number of nitrogens with zero attached hydrogens (tertiary/aromatic N) is 1. The van der Waals surface area contributed by atoms with E-state index < -0.39 is 10.0 Å². The molecule has 0 aliphatic carbocycles. The third-order valence-electron chi connectivity index (χ3n) is 4.21. The fraction of sp³-hybridized carbons (Fsp3) is 1.00. The van der Waals surface area contributed by atoms with Crippen LogP contribution in [0.1, 0.15) is 39.5 Å². The molecule has 0 radical (unpaired) electrons. The van der Waals surface area contributed by atoms with E-state index in [9.17, 15) is 8.42 Å². The van der Waals surface area contributed by atoms with Gasteiger partial charge in [-0.05, 0) is 32.6 Å². The minimum Gasteiger partial charge on any atom is -0.381 e. The van der Waals surface area contributed by atoms with E-state index in [1.54, 1.807) is 4.31 Å². The lowest BCUT2D eigenvalue weighted by Crippen LogP contribution is -2.50. The lowest BCUT2D eigenvalue weighted by Gasteiger charge is -2.36. The Morgan fingerprint density at radius 2 is 1.84 bits per heavy atom. The predicted octanol–water partition coefficient (Wildman–Crippen LogP) is 0.958. The number of nitrogens with one attached hydrogen (secondary N) is 1. The Morgan fingerprint density at radius 3 is 2.37 bits per heavy atom. The Morgan fingerprint density at radius 1 is 1.21 bits per heavy atom. The summed E-state index contributed by atoms with van der Waals surface area (Å²) in [4.78, 5) is 0. The maximum Gasteiger partial charge on any atom is 0.216 e. The zero-order valence-electron chi connectivity index (χ0n) is 12.0. The average molecular weight is 290 g/mol. The number of rotatable bonds is 7. The monoisotopic (exact) mass is 290 g/mol. The van der Waals surface area contributed by atoms with Crippen molar-refractivity contribution in [2.24, 2.45) is 0 Å². The second-order valence-electron chi connectivity index (χ2n) is 5.48. The maximum absolute atomic E-state index is 12.4. The highest BCUT2D eigenvalue weighted by molar-refractivity contribution is 7.89. The molecule has 2 aliphatic rings. The molecule has 0 amide bonds. The van der Waals surface area contributed by atoms with Gasteiger partial charge >= 0.3 is 0 Å². The first kappa shape index (κ1) is 15.2. The molecule has 0 spiro atoms. The summed E-state index contributed by atoms with van der Waals surface area (Å²) in [5, 5.41) is 3.56. The van der Waals surface area contributed by atoms with Crippen LogP contribution in [0.15, 0.2) is 0 Å². The molecule has 2 atom stereocenters. The van der Waals surface area contributed by atoms with Crippen molar-refractivity contribution in [1.82, 2.24) is 9.62 Å². The van der Waals surface area contributed by atoms with Gasteiger partial charge < -0.3 is 10.1 Å². The Kier molecular flexibility index (Phi) is 5.22. The number of fused-ring (bicyclic) bond motifs is 2. The van der Waals surface area contributed by atoms with Crippen molar-refractivity contribution in [3.05, 3.63) is 0 Å². The van der Waals surface area contributed by atoms with Gasteiger partial charge in [-0.1, -0.05) is 6.92 Å². The highest BCUT2D eigenvalue weighted by atomic mass is 32.2. The molecule has 1 N–H and O–H groups in total. The van der Waals surface area contributed by atoms with Gasteiger partial charge in [-0.25, -0.2) is 8.42 Å². The van der Waals surface area contributed by atoms with Gasteiger partial charge in [-0.3, -0.25) is 0 Å². The van der Waals surface area contributed by atoms with E-state index in [0.717, 1.165) is 12.8 Å². The van der Waals surface area contributed by atoms with Gasteiger partial charge in [-0.2, -0.15) is 4.31 Å². The molecule has 6 heteroatoms. The predicted molar refractivity (Wildman–Crippen MR) is 75.6 cm³/mol. The molecular weight excluding hydrogens is 264 g/mol. The molecule has 19 heavy (non-hydrogen) atoms. The second kappa shape index (κ2) is 6.52. The molecule has 2 bridgehead atoms.